The number of nitrogen functional groups attached to an aromatic ring is 1. The Kier molecular flexibility index (Phi) is 6.57. The van der Waals surface area contributed by atoms with E-state index in [4.69, 9.17) is 5.73 Å². The molecular weight excluding hydrogens is 430 g/mol. The van der Waals surface area contributed by atoms with Crippen molar-refractivity contribution in [3.05, 3.63) is 87.5 Å². The first-order valence-electron chi connectivity index (χ1n) is 10.6. The Hall–Kier alpha value is -3.89. The van der Waals surface area contributed by atoms with Crippen molar-refractivity contribution in [1.82, 2.24) is 20.1 Å². The third-order valence-corrected chi connectivity index (χ3v) is 5.98. The largest absolute Gasteiger partial charge is 0.383 e. The average Bonchev–Trinajstić information content (AvgIpc) is 3.50. The Morgan fingerprint density at radius 3 is 2.70 bits per heavy atom. The van der Waals surface area contributed by atoms with E-state index >= 15 is 0 Å². The molecule has 166 valence electrons. The second kappa shape index (κ2) is 9.72. The first-order chi connectivity index (χ1) is 15.9. The van der Waals surface area contributed by atoms with Gasteiger partial charge in [0.05, 0.1) is 11.8 Å². The molecule has 33 heavy (non-hydrogen) atoms. The predicted molar refractivity (Wildman–Crippen MR) is 133 cm³/mol. The quantitative estimate of drug-likeness (QED) is 0.423. The number of carbonyl (C=O) groups excluding carboxylic acids is 1. The molecule has 4 rings (SSSR count). The van der Waals surface area contributed by atoms with E-state index in [2.05, 4.69) is 41.1 Å². The van der Waals surface area contributed by atoms with Crippen LogP contribution in [-0.2, 0) is 6.54 Å². The van der Waals surface area contributed by atoms with Crippen molar-refractivity contribution < 1.29 is 4.79 Å². The van der Waals surface area contributed by atoms with Gasteiger partial charge in [-0.15, -0.1) is 0 Å². The fourth-order valence-electron chi connectivity index (χ4n) is 3.21. The van der Waals surface area contributed by atoms with Crippen molar-refractivity contribution in [2.24, 2.45) is 0 Å². The third kappa shape index (κ3) is 5.30. The van der Waals surface area contributed by atoms with Crippen LogP contribution in [0.5, 0.6) is 0 Å². The van der Waals surface area contributed by atoms with Gasteiger partial charge < -0.3 is 11.1 Å². The molecule has 3 aromatic heterocycles. The number of rotatable bonds is 5. The van der Waals surface area contributed by atoms with Gasteiger partial charge in [-0.05, 0) is 66.9 Å². The lowest BCUT2D eigenvalue weighted by Gasteiger charge is -2.06. The zero-order valence-electron chi connectivity index (χ0n) is 18.8. The number of nitrogens with zero attached hydrogens (tertiary/aromatic N) is 3. The lowest BCUT2D eigenvalue weighted by atomic mass is 10.0. The number of nitrogens with one attached hydrogen (secondary N) is 1. The summed E-state index contributed by atoms with van der Waals surface area (Å²) >= 11 is 1.61. The van der Waals surface area contributed by atoms with Gasteiger partial charge in [0.25, 0.3) is 5.91 Å². The van der Waals surface area contributed by atoms with Gasteiger partial charge in [0.1, 0.15) is 5.82 Å². The van der Waals surface area contributed by atoms with Crippen molar-refractivity contribution in [2.75, 3.05) is 5.73 Å². The summed E-state index contributed by atoms with van der Waals surface area (Å²) in [5, 5.41) is 11.4. The molecule has 0 bridgehead atoms. The highest BCUT2D eigenvalue weighted by Gasteiger charge is 2.09. The molecule has 0 saturated heterocycles. The van der Waals surface area contributed by atoms with Crippen LogP contribution in [-0.4, -0.2) is 20.7 Å². The molecule has 0 fully saturated rings. The van der Waals surface area contributed by atoms with Gasteiger partial charge in [-0.3, -0.25) is 9.48 Å². The molecule has 3 heterocycles. The number of aromatic nitrogens is 3. The minimum atomic E-state index is -0.130. The van der Waals surface area contributed by atoms with E-state index in [1.54, 1.807) is 17.5 Å². The molecule has 0 spiro atoms. The highest BCUT2D eigenvalue weighted by Crippen LogP contribution is 2.22. The fourth-order valence-corrected chi connectivity index (χ4v) is 3.88. The first kappa shape index (κ1) is 22.3. The van der Waals surface area contributed by atoms with Crippen LogP contribution in [0.2, 0.25) is 0 Å². The zero-order valence-corrected chi connectivity index (χ0v) is 19.6. The molecule has 0 aliphatic rings. The first-order valence-corrected chi connectivity index (χ1v) is 11.6. The Morgan fingerprint density at radius 1 is 1.15 bits per heavy atom. The Bertz CT molecular complexity index is 1340. The van der Waals surface area contributed by atoms with E-state index in [9.17, 15) is 4.79 Å². The Labute approximate surface area is 197 Å². The van der Waals surface area contributed by atoms with E-state index in [0.717, 1.165) is 27.8 Å². The van der Waals surface area contributed by atoms with E-state index in [-0.39, 0.29) is 11.9 Å². The van der Waals surface area contributed by atoms with E-state index in [0.29, 0.717) is 23.5 Å². The normalized spacial score (nSPS) is 10.7. The molecule has 0 saturated carbocycles. The Balaban J connectivity index is 1.57. The van der Waals surface area contributed by atoms with Crippen LogP contribution in [0.3, 0.4) is 0 Å². The predicted octanol–water partition coefficient (Wildman–Crippen LogP) is 4.81. The summed E-state index contributed by atoms with van der Waals surface area (Å²) in [7, 11) is 0. The van der Waals surface area contributed by atoms with Crippen LogP contribution in [0.25, 0.3) is 11.1 Å². The maximum atomic E-state index is 12.6. The number of thiophene rings is 1. The van der Waals surface area contributed by atoms with Gasteiger partial charge in [-0.25, -0.2) is 4.98 Å². The maximum Gasteiger partial charge on any atom is 0.251 e. The van der Waals surface area contributed by atoms with Gasteiger partial charge in [0, 0.05) is 47.2 Å². The molecule has 6 nitrogen and oxygen atoms in total. The van der Waals surface area contributed by atoms with Gasteiger partial charge >= 0.3 is 0 Å². The molecule has 7 heteroatoms. The summed E-state index contributed by atoms with van der Waals surface area (Å²) in [6.07, 6.45) is 5.52. The smallest absolute Gasteiger partial charge is 0.251 e. The average molecular weight is 456 g/mol. The number of anilines is 1. The van der Waals surface area contributed by atoms with Gasteiger partial charge in [0.2, 0.25) is 0 Å². The van der Waals surface area contributed by atoms with Crippen molar-refractivity contribution in [3.63, 3.8) is 0 Å². The molecule has 0 radical (unpaired) electrons. The van der Waals surface area contributed by atoms with Crippen LogP contribution >= 0.6 is 11.3 Å². The number of hydrogen-bond donors (Lipinski definition) is 2. The topological polar surface area (TPSA) is 85.8 Å². The second-order valence-corrected chi connectivity index (χ2v) is 8.83. The summed E-state index contributed by atoms with van der Waals surface area (Å²) in [5.41, 5.74) is 12.0. The van der Waals surface area contributed by atoms with Crippen molar-refractivity contribution in [1.29, 1.82) is 0 Å². The summed E-state index contributed by atoms with van der Waals surface area (Å²) < 4.78 is 1.90. The number of nitrogens with two attached hydrogens (primary N) is 1. The number of amides is 1. The zero-order chi connectivity index (χ0) is 23.4. The van der Waals surface area contributed by atoms with Crippen molar-refractivity contribution in [3.8, 4) is 23.0 Å². The number of aryl methyl sites for hydroxylation is 1. The van der Waals surface area contributed by atoms with Crippen molar-refractivity contribution >= 4 is 23.1 Å². The number of benzene rings is 1. The van der Waals surface area contributed by atoms with Crippen LogP contribution in [0.1, 0.15) is 52.5 Å². The molecule has 0 aliphatic carbocycles. The minimum Gasteiger partial charge on any atom is -0.383 e. The standard InChI is InChI=1S/C26H25N5OS/c1-17(2)31-15-24(14-30-31)23-11-21(25(27)28-13-23)7-6-20-10-22(5-4-18(20)3)26(32)29-12-19-8-9-33-16-19/h4-5,8-11,13-17H,12H2,1-3H3,(H2,27,28)(H,29,32). The number of carbonyl (C=O) groups is 1. The Morgan fingerprint density at radius 2 is 1.97 bits per heavy atom. The molecule has 0 unspecified atom stereocenters. The summed E-state index contributed by atoms with van der Waals surface area (Å²) in [6, 6.07) is 9.72. The van der Waals surface area contributed by atoms with Crippen LogP contribution in [0.15, 0.2) is 59.7 Å². The molecule has 0 aliphatic heterocycles. The van der Waals surface area contributed by atoms with E-state index < -0.39 is 0 Å². The van der Waals surface area contributed by atoms with Crippen LogP contribution in [0, 0.1) is 18.8 Å². The fraction of sp³-hybridized carbons (Fsp3) is 0.192. The lowest BCUT2D eigenvalue weighted by molar-refractivity contribution is 0.0951. The third-order valence-electron chi connectivity index (χ3n) is 5.25. The lowest BCUT2D eigenvalue weighted by Crippen LogP contribution is -2.22. The summed E-state index contributed by atoms with van der Waals surface area (Å²) in [4.78, 5) is 16.9. The van der Waals surface area contributed by atoms with Crippen molar-refractivity contribution in [2.45, 2.75) is 33.4 Å². The van der Waals surface area contributed by atoms with Crippen LogP contribution < -0.4 is 11.1 Å². The molecule has 4 aromatic rings. The van der Waals surface area contributed by atoms with Gasteiger partial charge in [0.15, 0.2) is 0 Å². The summed E-state index contributed by atoms with van der Waals surface area (Å²) in [6.45, 7) is 6.62. The SMILES string of the molecule is Cc1ccc(C(=O)NCc2ccsc2)cc1C#Cc1cc(-c2cnn(C(C)C)c2)cnc1N. The highest BCUT2D eigenvalue weighted by atomic mass is 32.1. The van der Waals surface area contributed by atoms with Gasteiger partial charge in [-0.1, -0.05) is 17.9 Å². The number of hydrogen-bond acceptors (Lipinski definition) is 5. The summed E-state index contributed by atoms with van der Waals surface area (Å²) in [5.74, 6) is 6.54. The molecule has 1 amide bonds. The second-order valence-electron chi connectivity index (χ2n) is 8.05. The van der Waals surface area contributed by atoms with E-state index in [1.165, 1.54) is 0 Å². The minimum absolute atomic E-state index is 0.130. The highest BCUT2D eigenvalue weighted by molar-refractivity contribution is 7.07. The van der Waals surface area contributed by atoms with Crippen LogP contribution in [0.4, 0.5) is 5.82 Å². The molecular formula is C26H25N5OS. The van der Waals surface area contributed by atoms with Gasteiger partial charge in [-0.2, -0.15) is 16.4 Å². The molecule has 1 aromatic carbocycles. The van der Waals surface area contributed by atoms with E-state index in [1.807, 2.05) is 65.1 Å². The molecule has 0 atom stereocenters. The molecule has 3 N–H and O–H groups in total. The monoisotopic (exact) mass is 455 g/mol. The number of pyridine rings is 1. The maximum absolute atomic E-state index is 12.6.